The van der Waals surface area contributed by atoms with Crippen LogP contribution < -0.4 is 0 Å². The summed E-state index contributed by atoms with van der Waals surface area (Å²) in [5.41, 5.74) is 2.01. The molecule has 22 heavy (non-hydrogen) atoms. The van der Waals surface area contributed by atoms with Gasteiger partial charge in [0.1, 0.15) is 5.69 Å². The fourth-order valence-electron chi connectivity index (χ4n) is 2.99. The van der Waals surface area contributed by atoms with Gasteiger partial charge in [0.2, 0.25) is 0 Å². The van der Waals surface area contributed by atoms with Crippen LogP contribution in [0, 0.1) is 0 Å². The first kappa shape index (κ1) is 13.4. The zero-order chi connectivity index (χ0) is 14.9. The number of fused-ring (bicyclic) bond motifs is 1. The summed E-state index contributed by atoms with van der Waals surface area (Å²) in [4.78, 5) is 24.8. The van der Waals surface area contributed by atoms with Gasteiger partial charge < -0.3 is 4.90 Å². The molecule has 2 aromatic heterocycles. The molecular formula is C17H15N3OS. The maximum atomic E-state index is 12.8. The van der Waals surface area contributed by atoms with Gasteiger partial charge in [0.15, 0.2) is 0 Å². The topological polar surface area (TPSA) is 46.1 Å². The van der Waals surface area contributed by atoms with E-state index >= 15 is 0 Å². The standard InChI is InChI=1S/C17H15N3OS/c21-17(14-11-18-12-5-1-2-6-13(12)19-14)20-9-3-7-15(20)16-8-4-10-22-16/h1-2,4-6,8,10-11,15H,3,7,9H2/t15-/m0/s1. The van der Waals surface area contributed by atoms with E-state index in [2.05, 4.69) is 21.4 Å². The van der Waals surface area contributed by atoms with Gasteiger partial charge in [-0.1, -0.05) is 18.2 Å². The summed E-state index contributed by atoms with van der Waals surface area (Å²) < 4.78 is 0. The Morgan fingerprint density at radius 2 is 2.05 bits per heavy atom. The summed E-state index contributed by atoms with van der Waals surface area (Å²) in [5.74, 6) is -0.0193. The molecule has 4 nitrogen and oxygen atoms in total. The first-order chi connectivity index (χ1) is 10.8. The number of rotatable bonds is 2. The number of hydrogen-bond donors (Lipinski definition) is 0. The highest BCUT2D eigenvalue weighted by atomic mass is 32.1. The van der Waals surface area contributed by atoms with Crippen LogP contribution in [0.25, 0.3) is 11.0 Å². The molecule has 3 aromatic rings. The fraction of sp³-hybridized carbons (Fsp3) is 0.235. The van der Waals surface area contributed by atoms with Gasteiger partial charge in [0.25, 0.3) is 5.91 Å². The zero-order valence-electron chi connectivity index (χ0n) is 12.0. The molecule has 0 aliphatic carbocycles. The van der Waals surface area contributed by atoms with E-state index < -0.39 is 0 Å². The van der Waals surface area contributed by atoms with E-state index in [1.165, 1.54) is 4.88 Å². The molecule has 1 atom stereocenters. The quantitative estimate of drug-likeness (QED) is 0.725. The van der Waals surface area contributed by atoms with E-state index in [9.17, 15) is 4.79 Å². The molecule has 0 bridgehead atoms. The molecule has 0 radical (unpaired) electrons. The Bertz CT molecular complexity index is 816. The number of amides is 1. The van der Waals surface area contributed by atoms with Crippen molar-refractivity contribution >= 4 is 28.3 Å². The summed E-state index contributed by atoms with van der Waals surface area (Å²) in [6.07, 6.45) is 3.65. The number of carbonyl (C=O) groups excluding carboxylic acids is 1. The van der Waals surface area contributed by atoms with E-state index in [4.69, 9.17) is 0 Å². The Hall–Kier alpha value is -2.27. The first-order valence-electron chi connectivity index (χ1n) is 7.39. The molecule has 0 unspecified atom stereocenters. The van der Waals surface area contributed by atoms with Gasteiger partial charge in [0.05, 0.1) is 23.3 Å². The molecule has 1 aliphatic heterocycles. The molecule has 1 fully saturated rings. The molecule has 3 heterocycles. The lowest BCUT2D eigenvalue weighted by atomic mass is 10.2. The maximum absolute atomic E-state index is 12.8. The van der Waals surface area contributed by atoms with Gasteiger partial charge in [-0.3, -0.25) is 9.78 Å². The van der Waals surface area contributed by atoms with Crippen molar-refractivity contribution in [3.8, 4) is 0 Å². The highest BCUT2D eigenvalue weighted by Crippen LogP contribution is 2.35. The molecule has 0 spiro atoms. The molecule has 1 saturated heterocycles. The number of benzene rings is 1. The largest absolute Gasteiger partial charge is 0.329 e. The molecule has 1 aliphatic rings. The predicted molar refractivity (Wildman–Crippen MR) is 86.9 cm³/mol. The van der Waals surface area contributed by atoms with E-state index in [1.54, 1.807) is 17.5 Å². The number of nitrogens with zero attached hydrogens (tertiary/aromatic N) is 3. The maximum Gasteiger partial charge on any atom is 0.274 e. The van der Waals surface area contributed by atoms with Crippen molar-refractivity contribution in [3.63, 3.8) is 0 Å². The van der Waals surface area contributed by atoms with Crippen molar-refractivity contribution < 1.29 is 4.79 Å². The Morgan fingerprint density at radius 1 is 1.18 bits per heavy atom. The lowest BCUT2D eigenvalue weighted by Gasteiger charge is -2.23. The summed E-state index contributed by atoms with van der Waals surface area (Å²) in [6, 6.07) is 12.0. The normalized spacial score (nSPS) is 18.0. The number of likely N-dealkylation sites (tertiary alicyclic amines) is 1. The average Bonchev–Trinajstić information content (AvgIpc) is 3.24. The highest BCUT2D eigenvalue weighted by molar-refractivity contribution is 7.10. The molecule has 0 N–H and O–H groups in total. The molecule has 1 aromatic carbocycles. The number of carbonyl (C=O) groups is 1. The Morgan fingerprint density at radius 3 is 2.86 bits per heavy atom. The van der Waals surface area contributed by atoms with Crippen molar-refractivity contribution in [2.75, 3.05) is 6.54 Å². The van der Waals surface area contributed by atoms with Crippen molar-refractivity contribution in [2.24, 2.45) is 0 Å². The van der Waals surface area contributed by atoms with Crippen molar-refractivity contribution in [3.05, 3.63) is 58.5 Å². The average molecular weight is 309 g/mol. The summed E-state index contributed by atoms with van der Waals surface area (Å²) in [7, 11) is 0. The second-order valence-corrected chi connectivity index (χ2v) is 6.40. The first-order valence-corrected chi connectivity index (χ1v) is 8.27. The second-order valence-electron chi connectivity index (χ2n) is 5.42. The summed E-state index contributed by atoms with van der Waals surface area (Å²) >= 11 is 1.71. The minimum atomic E-state index is -0.0193. The molecule has 4 rings (SSSR count). The van der Waals surface area contributed by atoms with Gasteiger partial charge in [-0.05, 0) is 36.4 Å². The van der Waals surface area contributed by atoms with E-state index in [0.717, 1.165) is 30.4 Å². The van der Waals surface area contributed by atoms with Crippen molar-refractivity contribution in [1.29, 1.82) is 0 Å². The Labute approximate surface area is 132 Å². The highest BCUT2D eigenvalue weighted by Gasteiger charge is 2.31. The molecule has 5 heteroatoms. The summed E-state index contributed by atoms with van der Waals surface area (Å²) in [6.45, 7) is 0.788. The van der Waals surface area contributed by atoms with Crippen LogP contribution in [0.3, 0.4) is 0 Å². The third-order valence-corrected chi connectivity index (χ3v) is 5.03. The van der Waals surface area contributed by atoms with E-state index in [-0.39, 0.29) is 11.9 Å². The lowest BCUT2D eigenvalue weighted by molar-refractivity contribution is 0.0732. The van der Waals surface area contributed by atoms with E-state index in [0.29, 0.717) is 5.69 Å². The third kappa shape index (κ3) is 2.27. The number of thiophene rings is 1. The van der Waals surface area contributed by atoms with Gasteiger partial charge in [0, 0.05) is 11.4 Å². The van der Waals surface area contributed by atoms with Crippen LogP contribution >= 0.6 is 11.3 Å². The van der Waals surface area contributed by atoms with Gasteiger partial charge in [-0.2, -0.15) is 0 Å². The molecule has 0 saturated carbocycles. The minimum absolute atomic E-state index is 0.0193. The van der Waals surface area contributed by atoms with Gasteiger partial charge in [-0.25, -0.2) is 4.98 Å². The van der Waals surface area contributed by atoms with Crippen LogP contribution in [0.1, 0.15) is 34.2 Å². The van der Waals surface area contributed by atoms with Crippen LogP contribution in [0.4, 0.5) is 0 Å². The van der Waals surface area contributed by atoms with Crippen LogP contribution in [-0.4, -0.2) is 27.3 Å². The van der Waals surface area contributed by atoms with E-state index in [1.807, 2.05) is 35.2 Å². The summed E-state index contributed by atoms with van der Waals surface area (Å²) in [5, 5.41) is 2.06. The van der Waals surface area contributed by atoms with Crippen molar-refractivity contribution in [2.45, 2.75) is 18.9 Å². The lowest BCUT2D eigenvalue weighted by Crippen LogP contribution is -2.31. The van der Waals surface area contributed by atoms with Crippen LogP contribution in [0.2, 0.25) is 0 Å². The molecule has 110 valence electrons. The van der Waals surface area contributed by atoms with Crippen LogP contribution in [0.15, 0.2) is 48.0 Å². The number of aromatic nitrogens is 2. The molecule has 1 amide bonds. The van der Waals surface area contributed by atoms with Gasteiger partial charge >= 0.3 is 0 Å². The third-order valence-electron chi connectivity index (χ3n) is 4.05. The van der Waals surface area contributed by atoms with Crippen molar-refractivity contribution in [1.82, 2.24) is 14.9 Å². The zero-order valence-corrected chi connectivity index (χ0v) is 12.8. The number of hydrogen-bond acceptors (Lipinski definition) is 4. The van der Waals surface area contributed by atoms with Gasteiger partial charge in [-0.15, -0.1) is 11.3 Å². The monoisotopic (exact) mass is 309 g/mol. The minimum Gasteiger partial charge on any atom is -0.329 e. The SMILES string of the molecule is O=C(c1cnc2ccccc2n1)N1CCC[C@H]1c1cccs1. The second kappa shape index (κ2) is 5.50. The fourth-order valence-corrected chi connectivity index (χ4v) is 3.87. The Kier molecular flexibility index (Phi) is 3.35. The molecular weight excluding hydrogens is 294 g/mol. The van der Waals surface area contributed by atoms with Crippen LogP contribution in [0.5, 0.6) is 0 Å². The predicted octanol–water partition coefficient (Wildman–Crippen LogP) is 3.67. The van der Waals surface area contributed by atoms with Crippen LogP contribution in [-0.2, 0) is 0 Å². The number of para-hydroxylation sites is 2. The Balaban J connectivity index is 1.67. The smallest absolute Gasteiger partial charge is 0.274 e.